The summed E-state index contributed by atoms with van der Waals surface area (Å²) in [5, 5.41) is 0. The summed E-state index contributed by atoms with van der Waals surface area (Å²) in [7, 11) is 3.24. The van der Waals surface area contributed by atoms with Crippen molar-refractivity contribution in [2.75, 3.05) is 33.9 Å². The number of fused-ring (bicyclic) bond motifs is 1. The molecule has 0 bridgehead atoms. The van der Waals surface area contributed by atoms with Crippen molar-refractivity contribution in [3.8, 4) is 11.5 Å². The molecule has 4 nitrogen and oxygen atoms in total. The van der Waals surface area contributed by atoms with Crippen LogP contribution in [0.1, 0.15) is 41.6 Å². The molecule has 4 rings (SSSR count). The van der Waals surface area contributed by atoms with Crippen LogP contribution in [0.2, 0.25) is 0 Å². The minimum Gasteiger partial charge on any atom is -0.493 e. The zero-order chi connectivity index (χ0) is 19.5. The lowest BCUT2D eigenvalue weighted by molar-refractivity contribution is 0.0959. The first kappa shape index (κ1) is 19.0. The number of Topliss-reactive ketones (excluding diaryl/α,β-unsaturated/α-hetero) is 1. The van der Waals surface area contributed by atoms with Gasteiger partial charge in [0.15, 0.2) is 17.3 Å². The van der Waals surface area contributed by atoms with E-state index in [9.17, 15) is 4.79 Å². The fraction of sp³-hybridized carbons (Fsp3) is 0.458. The van der Waals surface area contributed by atoms with Crippen LogP contribution in [0.25, 0.3) is 0 Å². The van der Waals surface area contributed by atoms with E-state index in [2.05, 4.69) is 29.2 Å². The van der Waals surface area contributed by atoms with Crippen molar-refractivity contribution in [3.05, 3.63) is 58.7 Å². The number of piperidine rings is 1. The third-order valence-corrected chi connectivity index (χ3v) is 6.11. The van der Waals surface area contributed by atoms with E-state index in [-0.39, 0.29) is 11.7 Å². The molecule has 148 valence electrons. The molecular formula is C24H29NO3. The van der Waals surface area contributed by atoms with Gasteiger partial charge in [-0.05, 0) is 49.8 Å². The molecule has 0 amide bonds. The van der Waals surface area contributed by atoms with Gasteiger partial charge in [0.2, 0.25) is 0 Å². The molecule has 0 spiro atoms. The van der Waals surface area contributed by atoms with Crippen LogP contribution in [0.5, 0.6) is 11.5 Å². The third-order valence-electron chi connectivity index (χ3n) is 6.11. The number of ketones is 1. The Hall–Kier alpha value is -2.33. The summed E-state index contributed by atoms with van der Waals surface area (Å²) in [5.74, 6) is 1.50. The largest absolute Gasteiger partial charge is 0.493 e. The highest BCUT2D eigenvalue weighted by Crippen LogP contribution is 2.37. The Morgan fingerprint density at radius 1 is 1.11 bits per heavy atom. The molecule has 1 unspecified atom stereocenters. The minimum atomic E-state index is -0.0421. The molecule has 28 heavy (non-hydrogen) atoms. The van der Waals surface area contributed by atoms with Gasteiger partial charge in [0, 0.05) is 31.1 Å². The first-order chi connectivity index (χ1) is 13.7. The van der Waals surface area contributed by atoms with Gasteiger partial charge in [-0.15, -0.1) is 0 Å². The van der Waals surface area contributed by atoms with E-state index in [0.717, 1.165) is 50.0 Å². The molecule has 1 heterocycles. The van der Waals surface area contributed by atoms with Crippen LogP contribution in [0.3, 0.4) is 0 Å². The number of benzene rings is 1. The second-order valence-corrected chi connectivity index (χ2v) is 7.93. The fourth-order valence-electron chi connectivity index (χ4n) is 4.50. The van der Waals surface area contributed by atoms with Gasteiger partial charge in [-0.3, -0.25) is 9.69 Å². The maximum absolute atomic E-state index is 12.9. The number of methoxy groups -OCH3 is 2. The monoisotopic (exact) mass is 379 g/mol. The first-order valence-corrected chi connectivity index (χ1v) is 10.2. The smallest absolute Gasteiger partial charge is 0.170 e. The number of allylic oxidation sites excluding steroid dienone is 4. The zero-order valence-corrected chi connectivity index (χ0v) is 16.9. The zero-order valence-electron chi connectivity index (χ0n) is 16.9. The summed E-state index contributed by atoms with van der Waals surface area (Å²) >= 11 is 0. The second-order valence-electron chi connectivity index (χ2n) is 7.93. The average Bonchev–Trinajstić information content (AvgIpc) is 3.03. The van der Waals surface area contributed by atoms with Crippen LogP contribution in [-0.2, 0) is 6.42 Å². The van der Waals surface area contributed by atoms with Gasteiger partial charge in [-0.25, -0.2) is 0 Å². The van der Waals surface area contributed by atoms with Crippen LogP contribution in [0, 0.1) is 5.92 Å². The van der Waals surface area contributed by atoms with Gasteiger partial charge >= 0.3 is 0 Å². The second kappa shape index (κ2) is 8.36. The predicted octanol–water partition coefficient (Wildman–Crippen LogP) is 4.36. The lowest BCUT2D eigenvalue weighted by atomic mass is 9.95. The molecule has 0 saturated carbocycles. The summed E-state index contributed by atoms with van der Waals surface area (Å²) in [5.41, 5.74) is 4.83. The number of rotatable bonds is 5. The van der Waals surface area contributed by atoms with Crippen molar-refractivity contribution in [1.29, 1.82) is 0 Å². The van der Waals surface area contributed by atoms with E-state index < -0.39 is 0 Å². The molecule has 1 aliphatic heterocycles. The number of likely N-dealkylation sites (tertiary alicyclic amines) is 1. The minimum absolute atomic E-state index is 0.0421. The van der Waals surface area contributed by atoms with Crippen LogP contribution in [0.15, 0.2) is 47.6 Å². The van der Waals surface area contributed by atoms with Crippen LogP contribution < -0.4 is 9.47 Å². The maximum Gasteiger partial charge on any atom is 0.170 e. The lowest BCUT2D eigenvalue weighted by Gasteiger charge is -2.30. The molecule has 4 heteroatoms. The van der Waals surface area contributed by atoms with E-state index in [4.69, 9.17) is 9.47 Å². The molecule has 1 atom stereocenters. The Morgan fingerprint density at radius 2 is 1.86 bits per heavy atom. The van der Waals surface area contributed by atoms with Crippen LogP contribution in [0.4, 0.5) is 0 Å². The number of carbonyl (C=O) groups is 1. The van der Waals surface area contributed by atoms with Crippen molar-refractivity contribution in [2.45, 2.75) is 32.1 Å². The first-order valence-electron chi connectivity index (χ1n) is 10.2. The molecular weight excluding hydrogens is 350 g/mol. The normalized spacial score (nSPS) is 22.1. The fourth-order valence-corrected chi connectivity index (χ4v) is 4.50. The highest BCUT2D eigenvalue weighted by molar-refractivity contribution is 6.04. The number of ether oxygens (including phenoxy) is 2. The highest BCUT2D eigenvalue weighted by atomic mass is 16.5. The van der Waals surface area contributed by atoms with Crippen molar-refractivity contribution in [1.82, 2.24) is 4.90 Å². The van der Waals surface area contributed by atoms with Gasteiger partial charge in [-0.1, -0.05) is 35.5 Å². The Morgan fingerprint density at radius 3 is 2.54 bits per heavy atom. The molecule has 0 radical (unpaired) electrons. The number of nitrogens with zero attached hydrogens (tertiary/aromatic N) is 1. The summed E-state index contributed by atoms with van der Waals surface area (Å²) in [6.45, 7) is 3.26. The molecule has 3 aliphatic rings. The number of carbonyl (C=O) groups excluding carboxylic acids is 1. The Balaban J connectivity index is 1.39. The van der Waals surface area contributed by atoms with Crippen molar-refractivity contribution in [3.63, 3.8) is 0 Å². The third kappa shape index (κ3) is 3.93. The number of hydrogen-bond donors (Lipinski definition) is 0. The summed E-state index contributed by atoms with van der Waals surface area (Å²) in [6.07, 6.45) is 14.2. The highest BCUT2D eigenvalue weighted by Gasteiger charge is 2.31. The standard InChI is InChI=1S/C24H29NO3/c1-27-22-14-19-13-20(24(26)21(19)15-23(22)28-2)12-17-8-10-25(11-9-17)16-18-6-4-3-5-7-18/h3-4,6,12,14-15,20H,5,7-11,13,16H2,1-2H3. The topological polar surface area (TPSA) is 38.8 Å². The average molecular weight is 380 g/mol. The molecule has 1 saturated heterocycles. The molecule has 1 aromatic carbocycles. The summed E-state index contributed by atoms with van der Waals surface area (Å²) in [6, 6.07) is 3.80. The van der Waals surface area contributed by atoms with Crippen molar-refractivity contribution >= 4 is 5.78 Å². The maximum atomic E-state index is 12.9. The van der Waals surface area contributed by atoms with E-state index in [1.807, 2.05) is 12.1 Å². The Kier molecular flexibility index (Phi) is 5.67. The number of hydrogen-bond acceptors (Lipinski definition) is 4. The Labute approximate surface area is 167 Å². The van der Waals surface area contributed by atoms with Gasteiger partial charge in [0.25, 0.3) is 0 Å². The lowest BCUT2D eigenvalue weighted by Crippen LogP contribution is -2.32. The van der Waals surface area contributed by atoms with Gasteiger partial charge in [0.05, 0.1) is 14.2 Å². The quantitative estimate of drug-likeness (QED) is 0.713. The van der Waals surface area contributed by atoms with E-state index in [0.29, 0.717) is 11.5 Å². The van der Waals surface area contributed by atoms with E-state index in [1.54, 1.807) is 19.8 Å². The molecule has 2 aliphatic carbocycles. The van der Waals surface area contributed by atoms with Crippen LogP contribution >= 0.6 is 0 Å². The van der Waals surface area contributed by atoms with Crippen molar-refractivity contribution < 1.29 is 14.3 Å². The van der Waals surface area contributed by atoms with E-state index in [1.165, 1.54) is 18.4 Å². The van der Waals surface area contributed by atoms with Gasteiger partial charge < -0.3 is 9.47 Å². The Bertz CT molecular complexity index is 840. The van der Waals surface area contributed by atoms with Gasteiger partial charge in [0.1, 0.15) is 0 Å². The van der Waals surface area contributed by atoms with E-state index >= 15 is 0 Å². The molecule has 1 aromatic rings. The SMILES string of the molecule is COc1cc2c(cc1OC)C(=O)C(C=C1CCN(CC3=CC=CCC3)CC1)C2. The molecule has 1 fully saturated rings. The van der Waals surface area contributed by atoms with Gasteiger partial charge in [-0.2, -0.15) is 0 Å². The predicted molar refractivity (Wildman–Crippen MR) is 111 cm³/mol. The summed E-state index contributed by atoms with van der Waals surface area (Å²) < 4.78 is 10.8. The van der Waals surface area contributed by atoms with Crippen molar-refractivity contribution in [2.24, 2.45) is 5.92 Å². The molecule has 0 N–H and O–H groups in total. The van der Waals surface area contributed by atoms with Crippen LogP contribution in [-0.4, -0.2) is 44.5 Å². The molecule has 0 aromatic heterocycles. The summed E-state index contributed by atoms with van der Waals surface area (Å²) in [4.78, 5) is 15.4.